The van der Waals surface area contributed by atoms with E-state index in [0.29, 0.717) is 5.92 Å². The highest BCUT2D eigenvalue weighted by molar-refractivity contribution is 5.99. The number of anilines is 1. The number of hydrogen-bond donors (Lipinski definition) is 1. The number of rotatable bonds is 4. The van der Waals surface area contributed by atoms with Crippen LogP contribution in [0, 0.1) is 12.8 Å². The Labute approximate surface area is 126 Å². The summed E-state index contributed by atoms with van der Waals surface area (Å²) in [7, 11) is 0. The van der Waals surface area contributed by atoms with E-state index in [4.69, 9.17) is 5.11 Å². The molecule has 3 rings (SSSR count). The van der Waals surface area contributed by atoms with Crippen LogP contribution in [0.2, 0.25) is 0 Å². The Bertz CT molecular complexity index is 500. The van der Waals surface area contributed by atoms with Gasteiger partial charge in [0.05, 0.1) is 6.04 Å². The molecule has 1 aromatic rings. The van der Waals surface area contributed by atoms with Gasteiger partial charge in [0.25, 0.3) is 0 Å². The highest BCUT2D eigenvalue weighted by Crippen LogP contribution is 2.29. The van der Waals surface area contributed by atoms with Crippen molar-refractivity contribution in [2.75, 3.05) is 31.1 Å². The topological polar surface area (TPSA) is 43.8 Å². The SMILES string of the molecule is Cc1ccc(N2CC[C@H](N3CC[C@H](CCO)C3)C2=O)cc1. The van der Waals surface area contributed by atoms with Gasteiger partial charge < -0.3 is 10.0 Å². The third-order valence-corrected chi connectivity index (χ3v) is 4.82. The highest BCUT2D eigenvalue weighted by Gasteiger charge is 2.39. The van der Waals surface area contributed by atoms with E-state index in [1.807, 2.05) is 17.0 Å². The Morgan fingerprint density at radius 1 is 1.19 bits per heavy atom. The quantitative estimate of drug-likeness (QED) is 0.919. The molecule has 0 unspecified atom stereocenters. The molecule has 2 fully saturated rings. The van der Waals surface area contributed by atoms with Gasteiger partial charge in [-0.3, -0.25) is 9.69 Å². The van der Waals surface area contributed by atoms with Crippen molar-refractivity contribution in [1.29, 1.82) is 0 Å². The van der Waals surface area contributed by atoms with Gasteiger partial charge in [-0.15, -0.1) is 0 Å². The number of hydrogen-bond acceptors (Lipinski definition) is 3. The lowest BCUT2D eigenvalue weighted by Crippen LogP contribution is -2.40. The number of aliphatic hydroxyl groups is 1. The van der Waals surface area contributed by atoms with Crippen molar-refractivity contribution >= 4 is 11.6 Å². The molecular weight excluding hydrogens is 264 g/mol. The summed E-state index contributed by atoms with van der Waals surface area (Å²) in [5, 5.41) is 9.05. The minimum Gasteiger partial charge on any atom is -0.396 e. The van der Waals surface area contributed by atoms with E-state index in [1.165, 1.54) is 5.56 Å². The number of carbonyl (C=O) groups excluding carboxylic acids is 1. The molecular formula is C17H24N2O2. The minimum atomic E-state index is 0.0370. The van der Waals surface area contributed by atoms with Crippen molar-refractivity contribution in [1.82, 2.24) is 4.90 Å². The first-order valence-corrected chi connectivity index (χ1v) is 7.92. The summed E-state index contributed by atoms with van der Waals surface area (Å²) in [4.78, 5) is 16.9. The van der Waals surface area contributed by atoms with Gasteiger partial charge in [-0.25, -0.2) is 0 Å². The van der Waals surface area contributed by atoms with Gasteiger partial charge >= 0.3 is 0 Å². The fourth-order valence-electron chi connectivity index (χ4n) is 3.55. The molecule has 1 N–H and O–H groups in total. The zero-order valence-corrected chi connectivity index (χ0v) is 12.7. The van der Waals surface area contributed by atoms with Gasteiger partial charge in [0.15, 0.2) is 0 Å². The van der Waals surface area contributed by atoms with Crippen molar-refractivity contribution < 1.29 is 9.90 Å². The normalized spacial score (nSPS) is 26.8. The van der Waals surface area contributed by atoms with Crippen LogP contribution in [0.5, 0.6) is 0 Å². The van der Waals surface area contributed by atoms with Crippen LogP contribution < -0.4 is 4.90 Å². The molecule has 0 bridgehead atoms. The fourth-order valence-corrected chi connectivity index (χ4v) is 3.55. The number of aryl methyl sites for hydroxylation is 1. The Kier molecular flexibility index (Phi) is 4.27. The molecule has 21 heavy (non-hydrogen) atoms. The van der Waals surface area contributed by atoms with E-state index in [-0.39, 0.29) is 18.6 Å². The van der Waals surface area contributed by atoms with Crippen LogP contribution in [-0.4, -0.2) is 48.2 Å². The van der Waals surface area contributed by atoms with E-state index in [9.17, 15) is 4.79 Å². The second kappa shape index (κ2) is 6.16. The van der Waals surface area contributed by atoms with Crippen LogP contribution >= 0.6 is 0 Å². The predicted molar refractivity (Wildman–Crippen MR) is 83.3 cm³/mol. The predicted octanol–water partition coefficient (Wildman–Crippen LogP) is 1.80. The van der Waals surface area contributed by atoms with Crippen molar-refractivity contribution in [3.63, 3.8) is 0 Å². The molecule has 0 aromatic heterocycles. The molecule has 2 aliphatic rings. The third kappa shape index (κ3) is 2.97. The van der Waals surface area contributed by atoms with E-state index in [0.717, 1.165) is 44.6 Å². The first kappa shape index (κ1) is 14.5. The maximum Gasteiger partial charge on any atom is 0.244 e. The lowest BCUT2D eigenvalue weighted by atomic mass is 10.1. The maximum absolute atomic E-state index is 12.7. The molecule has 2 aliphatic heterocycles. The molecule has 0 saturated carbocycles. The molecule has 2 atom stereocenters. The lowest BCUT2D eigenvalue weighted by Gasteiger charge is -2.23. The van der Waals surface area contributed by atoms with Crippen molar-refractivity contribution in [3.05, 3.63) is 29.8 Å². The van der Waals surface area contributed by atoms with Gasteiger partial charge in [-0.05, 0) is 50.8 Å². The Morgan fingerprint density at radius 2 is 1.95 bits per heavy atom. The zero-order chi connectivity index (χ0) is 14.8. The van der Waals surface area contributed by atoms with Gasteiger partial charge in [0.1, 0.15) is 0 Å². The van der Waals surface area contributed by atoms with Crippen LogP contribution in [0.25, 0.3) is 0 Å². The summed E-state index contributed by atoms with van der Waals surface area (Å²) in [5.41, 5.74) is 2.23. The Hall–Kier alpha value is -1.39. The lowest BCUT2D eigenvalue weighted by molar-refractivity contribution is -0.121. The summed E-state index contributed by atoms with van der Waals surface area (Å²) in [6.07, 6.45) is 2.88. The number of benzene rings is 1. The molecule has 4 nitrogen and oxygen atoms in total. The largest absolute Gasteiger partial charge is 0.396 e. The molecule has 0 aliphatic carbocycles. The Balaban J connectivity index is 1.65. The number of aliphatic hydroxyl groups excluding tert-OH is 1. The molecule has 0 radical (unpaired) electrons. The first-order chi connectivity index (χ1) is 10.2. The molecule has 2 heterocycles. The third-order valence-electron chi connectivity index (χ3n) is 4.82. The van der Waals surface area contributed by atoms with Crippen LogP contribution in [0.3, 0.4) is 0 Å². The van der Waals surface area contributed by atoms with Gasteiger partial charge in [-0.2, -0.15) is 0 Å². The van der Waals surface area contributed by atoms with Crippen LogP contribution in [0.4, 0.5) is 5.69 Å². The molecule has 4 heteroatoms. The van der Waals surface area contributed by atoms with Crippen LogP contribution in [0.1, 0.15) is 24.8 Å². The van der Waals surface area contributed by atoms with E-state index >= 15 is 0 Å². The monoisotopic (exact) mass is 288 g/mol. The smallest absolute Gasteiger partial charge is 0.244 e. The maximum atomic E-state index is 12.7. The number of nitrogens with zero attached hydrogens (tertiary/aromatic N) is 2. The molecule has 114 valence electrons. The standard InChI is InChI=1S/C17H24N2O2/c1-13-2-4-15(5-3-13)19-10-7-16(17(19)21)18-9-6-14(12-18)8-11-20/h2-5,14,16,20H,6-12H2,1H3/t14-,16+/m1/s1. The van der Waals surface area contributed by atoms with E-state index < -0.39 is 0 Å². The molecule has 2 saturated heterocycles. The van der Waals surface area contributed by atoms with E-state index in [1.54, 1.807) is 0 Å². The molecule has 0 spiro atoms. The van der Waals surface area contributed by atoms with Crippen LogP contribution in [0.15, 0.2) is 24.3 Å². The summed E-state index contributed by atoms with van der Waals surface area (Å²) >= 11 is 0. The molecule has 1 aromatic carbocycles. The summed E-state index contributed by atoms with van der Waals surface area (Å²) in [6, 6.07) is 8.23. The van der Waals surface area contributed by atoms with Crippen molar-refractivity contribution in [3.8, 4) is 0 Å². The number of carbonyl (C=O) groups is 1. The number of likely N-dealkylation sites (tertiary alicyclic amines) is 1. The van der Waals surface area contributed by atoms with Gasteiger partial charge in [-0.1, -0.05) is 17.7 Å². The Morgan fingerprint density at radius 3 is 2.67 bits per heavy atom. The first-order valence-electron chi connectivity index (χ1n) is 7.92. The van der Waals surface area contributed by atoms with Gasteiger partial charge in [0.2, 0.25) is 5.91 Å². The zero-order valence-electron chi connectivity index (χ0n) is 12.7. The highest BCUT2D eigenvalue weighted by atomic mass is 16.3. The average molecular weight is 288 g/mol. The summed E-state index contributed by atoms with van der Waals surface area (Å²) < 4.78 is 0. The van der Waals surface area contributed by atoms with Gasteiger partial charge in [0, 0.05) is 25.4 Å². The summed E-state index contributed by atoms with van der Waals surface area (Å²) in [6.45, 7) is 5.08. The minimum absolute atomic E-state index is 0.0370. The van der Waals surface area contributed by atoms with Crippen LogP contribution in [-0.2, 0) is 4.79 Å². The average Bonchev–Trinajstić information content (AvgIpc) is 3.07. The summed E-state index contributed by atoms with van der Waals surface area (Å²) in [5.74, 6) is 0.791. The van der Waals surface area contributed by atoms with Crippen molar-refractivity contribution in [2.24, 2.45) is 5.92 Å². The van der Waals surface area contributed by atoms with Crippen molar-refractivity contribution in [2.45, 2.75) is 32.2 Å². The second-order valence-electron chi connectivity index (χ2n) is 6.29. The molecule has 1 amide bonds. The fraction of sp³-hybridized carbons (Fsp3) is 0.588. The second-order valence-corrected chi connectivity index (χ2v) is 6.29. The number of amides is 1. The van der Waals surface area contributed by atoms with E-state index in [2.05, 4.69) is 24.0 Å².